The van der Waals surface area contributed by atoms with Gasteiger partial charge in [0, 0.05) is 24.4 Å². The molecule has 7 heteroatoms. The number of carbonyl (C=O) groups is 1. The number of amides is 1. The molecule has 1 amide bonds. The molecule has 0 aromatic heterocycles. The average Bonchev–Trinajstić information content (AvgIpc) is 2.71. The average molecular weight is 404 g/mol. The normalized spacial score (nSPS) is 12.7. The molecule has 1 aliphatic rings. The first-order valence-corrected chi connectivity index (χ1v) is 9.91. The summed E-state index contributed by atoms with van der Waals surface area (Å²) in [4.78, 5) is 14.8. The quantitative estimate of drug-likeness (QED) is 0.697. The first-order chi connectivity index (χ1) is 13.6. The topological polar surface area (TPSA) is 62.8 Å². The van der Waals surface area contributed by atoms with Gasteiger partial charge in [-0.2, -0.15) is 0 Å². The van der Waals surface area contributed by atoms with Gasteiger partial charge in [-0.3, -0.25) is 9.69 Å². The van der Waals surface area contributed by atoms with Crippen molar-refractivity contribution < 1.29 is 14.3 Å². The summed E-state index contributed by atoms with van der Waals surface area (Å²) in [6.07, 6.45) is 0. The molecule has 0 spiro atoms. The molecule has 28 heavy (non-hydrogen) atoms. The molecule has 0 saturated carbocycles. The first-order valence-electron chi connectivity index (χ1n) is 9.53. The molecule has 1 heterocycles. The highest BCUT2D eigenvalue weighted by Crippen LogP contribution is 2.37. The van der Waals surface area contributed by atoms with E-state index in [1.54, 1.807) is 12.1 Å². The number of ether oxygens (including phenoxy) is 2. The molecule has 3 rings (SSSR count). The maximum atomic E-state index is 12.4. The number of nitrogens with one attached hydrogen (secondary N) is 2. The molecule has 6 nitrogen and oxygen atoms in total. The lowest BCUT2D eigenvalue weighted by Gasteiger charge is -2.21. The molecule has 0 bridgehead atoms. The van der Waals surface area contributed by atoms with Crippen LogP contribution in [0.1, 0.15) is 19.4 Å². The molecule has 150 valence electrons. The third-order valence-corrected chi connectivity index (χ3v) is 4.96. The Hall–Kier alpha value is -2.44. The predicted molar refractivity (Wildman–Crippen MR) is 113 cm³/mol. The number of nitrogens with zero attached hydrogens (tertiary/aromatic N) is 1. The highest BCUT2D eigenvalue weighted by Gasteiger charge is 2.16. The Morgan fingerprint density at radius 1 is 1.07 bits per heavy atom. The van der Waals surface area contributed by atoms with Crippen LogP contribution in [0.2, 0.25) is 5.02 Å². The van der Waals surface area contributed by atoms with E-state index in [0.717, 1.165) is 30.9 Å². The summed E-state index contributed by atoms with van der Waals surface area (Å²) < 4.78 is 11.0. The van der Waals surface area contributed by atoms with Crippen molar-refractivity contribution >= 4 is 28.9 Å². The van der Waals surface area contributed by atoms with Crippen molar-refractivity contribution in [3.63, 3.8) is 0 Å². The number of para-hydroxylation sites is 1. The third-order valence-electron chi connectivity index (χ3n) is 4.65. The predicted octanol–water partition coefficient (Wildman–Crippen LogP) is 4.00. The Morgan fingerprint density at radius 2 is 1.75 bits per heavy atom. The molecule has 0 aliphatic carbocycles. The number of halogens is 1. The van der Waals surface area contributed by atoms with Gasteiger partial charge >= 0.3 is 0 Å². The van der Waals surface area contributed by atoms with Crippen LogP contribution in [0.25, 0.3) is 0 Å². The molecule has 0 saturated heterocycles. The van der Waals surface area contributed by atoms with E-state index >= 15 is 0 Å². The van der Waals surface area contributed by atoms with Gasteiger partial charge in [-0.15, -0.1) is 0 Å². The first kappa shape index (κ1) is 20.3. The number of hydrogen-bond donors (Lipinski definition) is 2. The molecular formula is C21H26ClN3O3. The third kappa shape index (κ3) is 5.09. The van der Waals surface area contributed by atoms with Crippen molar-refractivity contribution in [3.8, 4) is 11.5 Å². The summed E-state index contributed by atoms with van der Waals surface area (Å²) in [6, 6.07) is 11.4. The maximum absolute atomic E-state index is 12.4. The van der Waals surface area contributed by atoms with Gasteiger partial charge in [0.15, 0.2) is 11.5 Å². The lowest BCUT2D eigenvalue weighted by Crippen LogP contribution is -2.25. The van der Waals surface area contributed by atoms with E-state index in [-0.39, 0.29) is 12.5 Å². The fourth-order valence-electron chi connectivity index (χ4n) is 3.05. The summed E-state index contributed by atoms with van der Waals surface area (Å²) in [5, 5.41) is 6.48. The van der Waals surface area contributed by atoms with Gasteiger partial charge < -0.3 is 20.1 Å². The number of fused-ring (bicyclic) bond motifs is 1. The number of benzene rings is 2. The van der Waals surface area contributed by atoms with Crippen LogP contribution in [0.4, 0.5) is 11.4 Å². The summed E-state index contributed by atoms with van der Waals surface area (Å²) in [6.45, 7) is 8.20. The van der Waals surface area contributed by atoms with Gasteiger partial charge in [0.2, 0.25) is 5.91 Å². The Labute approximate surface area is 170 Å². The maximum Gasteiger partial charge on any atom is 0.243 e. The Morgan fingerprint density at radius 3 is 2.46 bits per heavy atom. The Bertz CT molecular complexity index is 825. The van der Waals surface area contributed by atoms with Crippen molar-refractivity contribution in [3.05, 3.63) is 47.0 Å². The van der Waals surface area contributed by atoms with Gasteiger partial charge in [0.25, 0.3) is 0 Å². The molecule has 1 aliphatic heterocycles. The molecule has 2 aromatic rings. The highest BCUT2D eigenvalue weighted by molar-refractivity contribution is 6.34. The van der Waals surface area contributed by atoms with E-state index in [2.05, 4.69) is 35.4 Å². The van der Waals surface area contributed by atoms with Crippen molar-refractivity contribution in [2.45, 2.75) is 20.4 Å². The minimum Gasteiger partial charge on any atom is -0.486 e. The van der Waals surface area contributed by atoms with Crippen molar-refractivity contribution in [1.29, 1.82) is 0 Å². The van der Waals surface area contributed by atoms with Crippen LogP contribution in [0.15, 0.2) is 36.4 Å². The molecule has 0 atom stereocenters. The van der Waals surface area contributed by atoms with Gasteiger partial charge in [-0.1, -0.05) is 43.6 Å². The van der Waals surface area contributed by atoms with E-state index in [1.165, 1.54) is 0 Å². The van der Waals surface area contributed by atoms with E-state index in [4.69, 9.17) is 21.1 Å². The summed E-state index contributed by atoms with van der Waals surface area (Å²) in [7, 11) is 0. The lowest BCUT2D eigenvalue weighted by atomic mass is 10.1. The van der Waals surface area contributed by atoms with E-state index < -0.39 is 0 Å². The molecule has 0 radical (unpaired) electrons. The van der Waals surface area contributed by atoms with Crippen LogP contribution in [0.5, 0.6) is 11.5 Å². The van der Waals surface area contributed by atoms with Gasteiger partial charge in [0.05, 0.1) is 17.3 Å². The zero-order valence-electron chi connectivity index (χ0n) is 16.3. The van der Waals surface area contributed by atoms with Gasteiger partial charge in [-0.05, 0) is 24.7 Å². The van der Waals surface area contributed by atoms with Crippen LogP contribution in [-0.2, 0) is 11.3 Å². The standard InChI is InChI=1S/C21H26ClN3O3/c1-3-25(4-2)14-15-7-5-6-8-17(15)23-13-21(26)24-18-12-20-19(11-16(18)22)27-9-10-28-20/h5-8,11-12,23H,3-4,9-10,13-14H2,1-2H3,(H,24,26). The molecule has 0 fully saturated rings. The van der Waals surface area contributed by atoms with Crippen LogP contribution in [0.3, 0.4) is 0 Å². The Kier molecular flexibility index (Phi) is 7.01. The van der Waals surface area contributed by atoms with Crippen LogP contribution in [-0.4, -0.2) is 43.7 Å². The largest absolute Gasteiger partial charge is 0.486 e. The zero-order chi connectivity index (χ0) is 19.9. The number of carbonyl (C=O) groups excluding carboxylic acids is 1. The van der Waals surface area contributed by atoms with Crippen LogP contribution in [0, 0.1) is 0 Å². The molecular weight excluding hydrogens is 378 g/mol. The van der Waals surface area contributed by atoms with Crippen molar-refractivity contribution in [2.75, 3.05) is 43.5 Å². The minimum absolute atomic E-state index is 0.139. The summed E-state index contributed by atoms with van der Waals surface area (Å²) >= 11 is 6.26. The smallest absolute Gasteiger partial charge is 0.243 e. The number of anilines is 2. The lowest BCUT2D eigenvalue weighted by molar-refractivity contribution is -0.114. The van der Waals surface area contributed by atoms with Crippen molar-refractivity contribution in [2.24, 2.45) is 0 Å². The van der Waals surface area contributed by atoms with E-state index in [0.29, 0.717) is 35.4 Å². The monoisotopic (exact) mass is 403 g/mol. The summed E-state index contributed by atoms with van der Waals surface area (Å²) in [5.41, 5.74) is 2.63. The number of hydrogen-bond acceptors (Lipinski definition) is 5. The second-order valence-corrected chi connectivity index (χ2v) is 6.90. The number of rotatable bonds is 8. The Balaban J connectivity index is 1.62. The fourth-order valence-corrected chi connectivity index (χ4v) is 3.25. The summed E-state index contributed by atoms with van der Waals surface area (Å²) in [5.74, 6) is 0.998. The van der Waals surface area contributed by atoms with E-state index in [1.807, 2.05) is 18.2 Å². The van der Waals surface area contributed by atoms with E-state index in [9.17, 15) is 4.79 Å². The van der Waals surface area contributed by atoms with Gasteiger partial charge in [0.1, 0.15) is 13.2 Å². The minimum atomic E-state index is -0.184. The zero-order valence-corrected chi connectivity index (χ0v) is 17.0. The second kappa shape index (κ2) is 9.66. The van der Waals surface area contributed by atoms with Gasteiger partial charge in [-0.25, -0.2) is 0 Å². The SMILES string of the molecule is CCN(CC)Cc1ccccc1NCC(=O)Nc1cc2c(cc1Cl)OCCO2. The molecule has 0 unspecified atom stereocenters. The second-order valence-electron chi connectivity index (χ2n) is 6.50. The molecule has 2 N–H and O–H groups in total. The fraction of sp³-hybridized carbons (Fsp3) is 0.381. The van der Waals surface area contributed by atoms with Crippen LogP contribution >= 0.6 is 11.6 Å². The highest BCUT2D eigenvalue weighted by atomic mass is 35.5. The molecule has 2 aromatic carbocycles. The van der Waals surface area contributed by atoms with Crippen LogP contribution < -0.4 is 20.1 Å². The van der Waals surface area contributed by atoms with Crippen molar-refractivity contribution in [1.82, 2.24) is 4.90 Å².